The van der Waals surface area contributed by atoms with Crippen molar-refractivity contribution in [3.63, 3.8) is 0 Å². The molecule has 1 atom stereocenters. The molecule has 40 heavy (non-hydrogen) atoms. The number of urea groups is 1. The van der Waals surface area contributed by atoms with Gasteiger partial charge in [0.15, 0.2) is 0 Å². The zero-order valence-corrected chi connectivity index (χ0v) is 23.4. The van der Waals surface area contributed by atoms with Gasteiger partial charge >= 0.3 is 6.03 Å². The predicted molar refractivity (Wildman–Crippen MR) is 158 cm³/mol. The molecule has 0 radical (unpaired) electrons. The zero-order chi connectivity index (χ0) is 28.4. The molecule has 1 saturated carbocycles. The van der Waals surface area contributed by atoms with Gasteiger partial charge in [-0.25, -0.2) is 9.48 Å². The number of halogens is 2. The highest BCUT2D eigenvalue weighted by Crippen LogP contribution is 2.32. The molecule has 0 bridgehead atoms. The topological polar surface area (TPSA) is 121 Å². The molecule has 0 aliphatic heterocycles. The molecule has 1 fully saturated rings. The Bertz CT molecular complexity index is 1620. The van der Waals surface area contributed by atoms with Crippen molar-refractivity contribution in [3.8, 4) is 22.4 Å². The first-order valence-electron chi connectivity index (χ1n) is 12.9. The number of aromatic nitrogens is 3. The van der Waals surface area contributed by atoms with Gasteiger partial charge < -0.3 is 15.7 Å². The molecule has 9 nitrogen and oxygen atoms in total. The Labute approximate surface area is 241 Å². The van der Waals surface area contributed by atoms with E-state index in [1.54, 1.807) is 6.92 Å². The van der Waals surface area contributed by atoms with Gasteiger partial charge in [0.25, 0.3) is 5.56 Å². The highest BCUT2D eigenvalue weighted by Gasteiger charge is 2.24. The Morgan fingerprint density at radius 2 is 1.80 bits per heavy atom. The first kappa shape index (κ1) is 27.8. The first-order chi connectivity index (χ1) is 19.2. The van der Waals surface area contributed by atoms with Crippen LogP contribution in [0.15, 0.2) is 65.7 Å². The minimum atomic E-state index is -0.735. The summed E-state index contributed by atoms with van der Waals surface area (Å²) >= 11 is 12.2. The largest absolute Gasteiger partial charge is 0.374 e. The Balaban J connectivity index is 1.45. The molecule has 4 N–H and O–H groups in total. The SMILES string of the molecule is CCn1nc(-c2cccc(-c3cc(C(O)NC4CC4)ccc3C)c2)cc(NC(=O)Nc2c(Cl)cncc2Cl)c1=O. The molecule has 206 valence electrons. The summed E-state index contributed by atoms with van der Waals surface area (Å²) in [4.78, 5) is 29.6. The van der Waals surface area contributed by atoms with Gasteiger partial charge in [-0.15, -0.1) is 0 Å². The molecule has 1 unspecified atom stereocenters. The standard InChI is InChI=1S/C29H28Cl2N6O3/c1-3-37-28(39)25(34-29(40)35-26-22(30)14-32-15-23(26)31)13-24(36-37)18-6-4-5-17(11-18)21-12-19(8-7-16(21)2)27(38)33-20-9-10-20/h4-8,11-15,20,27,33,38H,3,9-10H2,1-2H3,(H2,32,34,35,40). The molecule has 5 rings (SSSR count). The van der Waals surface area contributed by atoms with Gasteiger partial charge in [0, 0.05) is 30.5 Å². The van der Waals surface area contributed by atoms with Crippen LogP contribution < -0.4 is 21.5 Å². The summed E-state index contributed by atoms with van der Waals surface area (Å²) in [5, 5.41) is 23.9. The van der Waals surface area contributed by atoms with Crippen molar-refractivity contribution in [2.75, 3.05) is 10.6 Å². The van der Waals surface area contributed by atoms with Crippen LogP contribution in [0.3, 0.4) is 0 Å². The monoisotopic (exact) mass is 578 g/mol. The Kier molecular flexibility index (Phi) is 8.18. The van der Waals surface area contributed by atoms with E-state index >= 15 is 0 Å². The lowest BCUT2D eigenvalue weighted by molar-refractivity contribution is 0.137. The van der Waals surface area contributed by atoms with Gasteiger partial charge in [-0.1, -0.05) is 53.5 Å². The average Bonchev–Trinajstić information content (AvgIpc) is 3.76. The smallest absolute Gasteiger partial charge is 0.323 e. The summed E-state index contributed by atoms with van der Waals surface area (Å²) in [7, 11) is 0. The quantitative estimate of drug-likeness (QED) is 0.190. The van der Waals surface area contributed by atoms with Gasteiger partial charge in [0.05, 0.1) is 21.4 Å². The summed E-state index contributed by atoms with van der Waals surface area (Å²) < 4.78 is 1.29. The summed E-state index contributed by atoms with van der Waals surface area (Å²) in [6.07, 6.45) is 4.13. The van der Waals surface area contributed by atoms with Crippen LogP contribution in [0.25, 0.3) is 22.4 Å². The van der Waals surface area contributed by atoms with Crippen LogP contribution in [0.2, 0.25) is 10.0 Å². The van der Waals surface area contributed by atoms with Crippen molar-refractivity contribution < 1.29 is 9.90 Å². The van der Waals surface area contributed by atoms with E-state index in [0.717, 1.165) is 40.7 Å². The number of carbonyl (C=O) groups excluding carboxylic acids is 1. The fraction of sp³-hybridized carbons (Fsp3) is 0.241. The van der Waals surface area contributed by atoms with Crippen LogP contribution in [-0.2, 0) is 6.54 Å². The lowest BCUT2D eigenvalue weighted by atomic mass is 9.95. The third-order valence-electron chi connectivity index (χ3n) is 6.63. The first-order valence-corrected chi connectivity index (χ1v) is 13.6. The lowest BCUT2D eigenvalue weighted by Crippen LogP contribution is -2.29. The second-order valence-corrected chi connectivity index (χ2v) is 10.4. The maximum absolute atomic E-state index is 13.0. The number of aryl methyl sites for hydroxylation is 2. The molecule has 2 heterocycles. The van der Waals surface area contributed by atoms with Gasteiger partial charge in [-0.05, 0) is 67.1 Å². The molecule has 2 aromatic carbocycles. The number of benzene rings is 2. The second kappa shape index (κ2) is 11.8. The summed E-state index contributed by atoms with van der Waals surface area (Å²) in [5.74, 6) is 0. The molecule has 1 aliphatic rings. The molecule has 2 aromatic heterocycles. The maximum atomic E-state index is 13.0. The fourth-order valence-electron chi connectivity index (χ4n) is 4.32. The van der Waals surface area contributed by atoms with Crippen LogP contribution in [0.1, 0.15) is 37.1 Å². The Morgan fingerprint density at radius 1 is 1.07 bits per heavy atom. The van der Waals surface area contributed by atoms with E-state index < -0.39 is 17.8 Å². The van der Waals surface area contributed by atoms with Crippen LogP contribution in [0.5, 0.6) is 0 Å². The molecule has 0 spiro atoms. The number of hydrogen-bond acceptors (Lipinski definition) is 6. The maximum Gasteiger partial charge on any atom is 0.323 e. The molecular weight excluding hydrogens is 551 g/mol. The average molecular weight is 579 g/mol. The predicted octanol–water partition coefficient (Wildman–Crippen LogP) is 5.99. The normalized spacial score (nSPS) is 13.6. The molecule has 1 aliphatic carbocycles. The minimum Gasteiger partial charge on any atom is -0.374 e. The Hall–Kier alpha value is -3.76. The van der Waals surface area contributed by atoms with Crippen molar-refractivity contribution >= 4 is 40.6 Å². The summed E-state index contributed by atoms with van der Waals surface area (Å²) in [5.41, 5.74) is 4.79. The molecule has 0 saturated heterocycles. The van der Waals surface area contributed by atoms with Gasteiger partial charge in [0.1, 0.15) is 11.9 Å². The highest BCUT2D eigenvalue weighted by atomic mass is 35.5. The van der Waals surface area contributed by atoms with Gasteiger partial charge in [-0.3, -0.25) is 15.1 Å². The third-order valence-corrected chi connectivity index (χ3v) is 7.20. The van der Waals surface area contributed by atoms with E-state index in [9.17, 15) is 14.7 Å². The van der Waals surface area contributed by atoms with E-state index in [1.165, 1.54) is 23.1 Å². The van der Waals surface area contributed by atoms with Gasteiger partial charge in [-0.2, -0.15) is 5.10 Å². The van der Waals surface area contributed by atoms with Crippen LogP contribution >= 0.6 is 23.2 Å². The van der Waals surface area contributed by atoms with Crippen LogP contribution in [-0.4, -0.2) is 31.9 Å². The van der Waals surface area contributed by atoms with Crippen molar-refractivity contribution in [1.29, 1.82) is 0 Å². The molecule has 4 aromatic rings. The third kappa shape index (κ3) is 6.18. The number of amides is 2. The van der Waals surface area contributed by atoms with E-state index in [0.29, 0.717) is 18.3 Å². The highest BCUT2D eigenvalue weighted by molar-refractivity contribution is 6.39. The number of hydrogen-bond donors (Lipinski definition) is 4. The number of nitrogens with one attached hydrogen (secondary N) is 3. The number of pyridine rings is 1. The molecular formula is C29H28Cl2N6O3. The van der Waals surface area contributed by atoms with E-state index in [4.69, 9.17) is 23.2 Å². The number of anilines is 2. The number of nitrogens with zero attached hydrogens (tertiary/aromatic N) is 3. The van der Waals surface area contributed by atoms with Crippen molar-refractivity contribution in [3.05, 3.63) is 92.5 Å². The zero-order valence-electron chi connectivity index (χ0n) is 21.9. The number of carbonyl (C=O) groups is 1. The van der Waals surface area contributed by atoms with Gasteiger partial charge in [0.2, 0.25) is 0 Å². The van der Waals surface area contributed by atoms with E-state index in [2.05, 4.69) is 26.0 Å². The lowest BCUT2D eigenvalue weighted by Gasteiger charge is -2.16. The fourth-order valence-corrected chi connectivity index (χ4v) is 4.78. The Morgan fingerprint density at radius 3 is 2.50 bits per heavy atom. The summed E-state index contributed by atoms with van der Waals surface area (Å²) in [6.45, 7) is 4.12. The number of rotatable bonds is 8. The number of aliphatic hydroxyl groups is 1. The van der Waals surface area contributed by atoms with Crippen LogP contribution in [0.4, 0.5) is 16.2 Å². The van der Waals surface area contributed by atoms with E-state index in [1.807, 2.05) is 49.4 Å². The van der Waals surface area contributed by atoms with Crippen molar-refractivity contribution in [2.45, 2.75) is 45.5 Å². The van der Waals surface area contributed by atoms with Crippen molar-refractivity contribution in [1.82, 2.24) is 20.1 Å². The number of aliphatic hydroxyl groups excluding tert-OH is 1. The minimum absolute atomic E-state index is 0.0449. The van der Waals surface area contributed by atoms with E-state index in [-0.39, 0.29) is 21.4 Å². The second-order valence-electron chi connectivity index (χ2n) is 9.62. The van der Waals surface area contributed by atoms with Crippen molar-refractivity contribution in [2.24, 2.45) is 0 Å². The van der Waals surface area contributed by atoms with Crippen LogP contribution in [0, 0.1) is 6.92 Å². The summed E-state index contributed by atoms with van der Waals surface area (Å²) in [6, 6.07) is 14.9. The molecule has 2 amide bonds. The molecule has 11 heteroatoms.